The van der Waals surface area contributed by atoms with Crippen molar-refractivity contribution in [1.29, 1.82) is 0 Å². The van der Waals surface area contributed by atoms with Crippen LogP contribution in [0.25, 0.3) is 11.7 Å². The molecule has 0 spiro atoms. The number of nitrogens with zero attached hydrogens (tertiary/aromatic N) is 3. The van der Waals surface area contributed by atoms with E-state index in [0.717, 1.165) is 10.5 Å². The van der Waals surface area contributed by atoms with Gasteiger partial charge in [0.1, 0.15) is 5.65 Å². The summed E-state index contributed by atoms with van der Waals surface area (Å²) in [5, 5.41) is 2.39. The highest BCUT2D eigenvalue weighted by molar-refractivity contribution is 7.09. The molecule has 3 aromatic heterocycles. The summed E-state index contributed by atoms with van der Waals surface area (Å²) >= 11 is 7.77. The van der Waals surface area contributed by atoms with Gasteiger partial charge in [-0.25, -0.2) is 4.98 Å². The minimum atomic E-state index is -0.0738. The number of carbonyl (C=O) groups is 1. The van der Waals surface area contributed by atoms with E-state index in [1.54, 1.807) is 29.4 Å². The van der Waals surface area contributed by atoms with Gasteiger partial charge in [-0.2, -0.15) is 0 Å². The molecule has 0 aromatic carbocycles. The second-order valence-corrected chi connectivity index (χ2v) is 6.21. The van der Waals surface area contributed by atoms with Crippen LogP contribution in [0.2, 0.25) is 5.15 Å². The monoisotopic (exact) mass is 331 g/mol. The van der Waals surface area contributed by atoms with Crippen molar-refractivity contribution in [3.8, 4) is 0 Å². The van der Waals surface area contributed by atoms with E-state index in [-0.39, 0.29) is 5.91 Å². The number of hydrogen-bond donors (Lipinski definition) is 0. The van der Waals surface area contributed by atoms with Crippen LogP contribution in [0.15, 0.2) is 48.0 Å². The molecule has 0 aliphatic heterocycles. The lowest BCUT2D eigenvalue weighted by Crippen LogP contribution is -2.23. The molecule has 1 amide bonds. The zero-order valence-electron chi connectivity index (χ0n) is 11.9. The molecule has 0 aliphatic carbocycles. The zero-order chi connectivity index (χ0) is 15.5. The van der Waals surface area contributed by atoms with Crippen molar-refractivity contribution in [3.05, 3.63) is 63.7 Å². The fourth-order valence-electron chi connectivity index (χ4n) is 2.13. The van der Waals surface area contributed by atoms with E-state index in [1.807, 2.05) is 46.3 Å². The molecular weight excluding hydrogens is 318 g/mol. The number of amides is 1. The van der Waals surface area contributed by atoms with Gasteiger partial charge in [-0.15, -0.1) is 11.3 Å². The lowest BCUT2D eigenvalue weighted by Gasteiger charge is -2.13. The van der Waals surface area contributed by atoms with Gasteiger partial charge in [0.2, 0.25) is 5.91 Å². The van der Waals surface area contributed by atoms with Crippen molar-refractivity contribution in [2.24, 2.45) is 0 Å². The molecule has 4 nitrogen and oxygen atoms in total. The molecule has 3 heterocycles. The summed E-state index contributed by atoms with van der Waals surface area (Å²) < 4.78 is 1.85. The number of likely N-dealkylation sites (N-methyl/N-ethyl adjacent to an activating group) is 1. The Kier molecular flexibility index (Phi) is 4.27. The van der Waals surface area contributed by atoms with Crippen LogP contribution in [0.1, 0.15) is 10.6 Å². The van der Waals surface area contributed by atoms with Crippen molar-refractivity contribution in [2.75, 3.05) is 7.05 Å². The molecule has 3 rings (SSSR count). The minimum absolute atomic E-state index is 0.0738. The Morgan fingerprint density at radius 3 is 3.05 bits per heavy atom. The molecule has 112 valence electrons. The lowest BCUT2D eigenvalue weighted by atomic mass is 10.3. The van der Waals surface area contributed by atoms with Crippen molar-refractivity contribution in [1.82, 2.24) is 14.3 Å². The number of imidazole rings is 1. The molecule has 0 saturated heterocycles. The first kappa shape index (κ1) is 14.8. The summed E-state index contributed by atoms with van der Waals surface area (Å²) in [6.07, 6.45) is 5.10. The summed E-state index contributed by atoms with van der Waals surface area (Å²) in [4.78, 5) is 19.2. The van der Waals surface area contributed by atoms with E-state index in [4.69, 9.17) is 11.6 Å². The van der Waals surface area contributed by atoms with Crippen LogP contribution in [-0.2, 0) is 11.3 Å². The van der Waals surface area contributed by atoms with Crippen LogP contribution in [-0.4, -0.2) is 27.2 Å². The number of halogens is 1. The molecule has 0 atom stereocenters. The Labute approximate surface area is 137 Å². The highest BCUT2D eigenvalue weighted by Gasteiger charge is 2.09. The number of aromatic nitrogens is 2. The van der Waals surface area contributed by atoms with E-state index in [9.17, 15) is 4.79 Å². The Bertz CT molecular complexity index is 823. The molecular formula is C16H14ClN3OS. The van der Waals surface area contributed by atoms with Gasteiger partial charge in [-0.3, -0.25) is 9.20 Å². The second kappa shape index (κ2) is 6.34. The Balaban J connectivity index is 1.77. The molecule has 0 fully saturated rings. The van der Waals surface area contributed by atoms with E-state index in [0.29, 0.717) is 17.4 Å². The smallest absolute Gasteiger partial charge is 0.246 e. The highest BCUT2D eigenvalue weighted by Crippen LogP contribution is 2.19. The molecule has 6 heteroatoms. The molecule has 0 saturated carbocycles. The predicted molar refractivity (Wildman–Crippen MR) is 90.0 cm³/mol. The van der Waals surface area contributed by atoms with Crippen LogP contribution < -0.4 is 0 Å². The third kappa shape index (κ3) is 3.05. The average molecular weight is 332 g/mol. The lowest BCUT2D eigenvalue weighted by molar-refractivity contribution is -0.125. The first-order valence-electron chi connectivity index (χ1n) is 6.73. The van der Waals surface area contributed by atoms with Gasteiger partial charge in [0.15, 0.2) is 5.15 Å². The number of hydrogen-bond acceptors (Lipinski definition) is 3. The SMILES string of the molecule is CN(Cc1cccs1)C(=O)/C=C/c1c(Cl)nc2ccccn12. The third-order valence-corrected chi connectivity index (χ3v) is 4.39. The van der Waals surface area contributed by atoms with Gasteiger partial charge in [-0.05, 0) is 29.7 Å². The van der Waals surface area contributed by atoms with Crippen molar-refractivity contribution < 1.29 is 4.79 Å². The molecule has 0 aliphatic rings. The number of thiophene rings is 1. The molecule has 22 heavy (non-hydrogen) atoms. The zero-order valence-corrected chi connectivity index (χ0v) is 13.5. The maximum absolute atomic E-state index is 12.2. The fourth-order valence-corrected chi connectivity index (χ4v) is 3.12. The maximum atomic E-state index is 12.2. The van der Waals surface area contributed by atoms with Crippen LogP contribution in [0.5, 0.6) is 0 Å². The second-order valence-electron chi connectivity index (χ2n) is 4.82. The first-order valence-corrected chi connectivity index (χ1v) is 7.99. The predicted octanol–water partition coefficient (Wildman–Crippen LogP) is 3.72. The van der Waals surface area contributed by atoms with E-state index in [2.05, 4.69) is 4.98 Å². The van der Waals surface area contributed by atoms with Crippen molar-refractivity contribution >= 4 is 40.6 Å². The third-order valence-electron chi connectivity index (χ3n) is 3.26. The highest BCUT2D eigenvalue weighted by atomic mass is 35.5. The minimum Gasteiger partial charge on any atom is -0.337 e. The maximum Gasteiger partial charge on any atom is 0.246 e. The molecule has 0 radical (unpaired) electrons. The van der Waals surface area contributed by atoms with E-state index in [1.165, 1.54) is 6.08 Å². The number of pyridine rings is 1. The first-order chi connectivity index (χ1) is 10.6. The molecule has 3 aromatic rings. The summed E-state index contributed by atoms with van der Waals surface area (Å²) in [6.45, 7) is 0.599. The van der Waals surface area contributed by atoms with E-state index < -0.39 is 0 Å². The Morgan fingerprint density at radius 1 is 1.41 bits per heavy atom. The summed E-state index contributed by atoms with van der Waals surface area (Å²) in [7, 11) is 1.78. The van der Waals surface area contributed by atoms with Crippen LogP contribution >= 0.6 is 22.9 Å². The Hall–Kier alpha value is -2.11. The summed E-state index contributed by atoms with van der Waals surface area (Å²) in [5.41, 5.74) is 1.46. The van der Waals surface area contributed by atoms with Crippen molar-refractivity contribution in [3.63, 3.8) is 0 Å². The van der Waals surface area contributed by atoms with Crippen molar-refractivity contribution in [2.45, 2.75) is 6.54 Å². The summed E-state index contributed by atoms with van der Waals surface area (Å²) in [5.74, 6) is -0.0738. The van der Waals surface area contributed by atoms with Crippen LogP contribution in [0.3, 0.4) is 0 Å². The fraction of sp³-hybridized carbons (Fsp3) is 0.125. The Morgan fingerprint density at radius 2 is 2.27 bits per heavy atom. The average Bonchev–Trinajstić information content (AvgIpc) is 3.12. The normalized spacial score (nSPS) is 11.4. The summed E-state index contributed by atoms with van der Waals surface area (Å²) in [6, 6.07) is 9.65. The standard InChI is InChI=1S/C16H14ClN3OS/c1-19(11-12-5-4-10-22-12)15(21)8-7-13-16(17)18-14-6-2-3-9-20(13)14/h2-10H,11H2,1H3/b8-7+. The van der Waals surface area contributed by atoms with E-state index >= 15 is 0 Å². The van der Waals surface area contributed by atoms with Gasteiger partial charge in [0.05, 0.1) is 12.2 Å². The number of fused-ring (bicyclic) bond motifs is 1. The van der Waals surface area contributed by atoms with Gasteiger partial charge >= 0.3 is 0 Å². The van der Waals surface area contributed by atoms with Gasteiger partial charge in [0, 0.05) is 24.2 Å². The molecule has 0 N–H and O–H groups in total. The van der Waals surface area contributed by atoms with Gasteiger partial charge in [-0.1, -0.05) is 23.7 Å². The topological polar surface area (TPSA) is 37.6 Å². The number of carbonyl (C=O) groups excluding carboxylic acids is 1. The largest absolute Gasteiger partial charge is 0.337 e. The molecule has 0 unspecified atom stereocenters. The van der Waals surface area contributed by atoms with Gasteiger partial charge < -0.3 is 4.90 Å². The van der Waals surface area contributed by atoms with Crippen LogP contribution in [0, 0.1) is 0 Å². The quantitative estimate of drug-likeness (QED) is 0.683. The molecule has 0 bridgehead atoms. The van der Waals surface area contributed by atoms with Crippen LogP contribution in [0.4, 0.5) is 0 Å². The number of rotatable bonds is 4. The van der Waals surface area contributed by atoms with Gasteiger partial charge in [0.25, 0.3) is 0 Å².